The van der Waals surface area contributed by atoms with Crippen LogP contribution in [0.4, 0.5) is 4.79 Å². The van der Waals surface area contributed by atoms with E-state index in [4.69, 9.17) is 9.47 Å². The molecule has 1 aliphatic heterocycles. The van der Waals surface area contributed by atoms with E-state index in [0.717, 1.165) is 12.8 Å². The molecule has 0 aromatic rings. The van der Waals surface area contributed by atoms with E-state index in [2.05, 4.69) is 27.9 Å². The first-order chi connectivity index (χ1) is 8.28. The molecule has 1 saturated heterocycles. The zero-order chi connectivity index (χ0) is 13.5. The van der Waals surface area contributed by atoms with Gasteiger partial charge < -0.3 is 14.8 Å². The molecule has 0 aromatic heterocycles. The number of alkyl carbamates (subject to hydrolysis) is 1. The number of rotatable bonds is 1. The van der Waals surface area contributed by atoms with Crippen LogP contribution in [0, 0.1) is 5.92 Å². The van der Waals surface area contributed by atoms with E-state index >= 15 is 0 Å². The SMILES string of the molecule is CC(C)(C)OC(=O)N[C@H]1[C@@H]2OC(=O)[C@@H]1CC[C@H]2I. The molecule has 102 valence electrons. The Morgan fingerprint density at radius 2 is 2.11 bits per heavy atom. The second-order valence-corrected chi connectivity index (χ2v) is 7.37. The molecular weight excluding hydrogens is 349 g/mol. The molecule has 18 heavy (non-hydrogen) atoms. The second-order valence-electron chi connectivity index (χ2n) is 5.77. The van der Waals surface area contributed by atoms with Crippen LogP contribution in [0.2, 0.25) is 0 Å². The highest BCUT2D eigenvalue weighted by Crippen LogP contribution is 2.38. The molecule has 6 heteroatoms. The number of fused-ring (bicyclic) bond motifs is 2. The summed E-state index contributed by atoms with van der Waals surface area (Å²) in [5.41, 5.74) is -0.535. The summed E-state index contributed by atoms with van der Waals surface area (Å²) in [5.74, 6) is -0.409. The van der Waals surface area contributed by atoms with Crippen LogP contribution >= 0.6 is 22.6 Å². The first kappa shape index (κ1) is 13.9. The van der Waals surface area contributed by atoms with E-state index in [-0.39, 0.29) is 28.0 Å². The highest BCUT2D eigenvalue weighted by molar-refractivity contribution is 14.1. The molecule has 0 spiro atoms. The van der Waals surface area contributed by atoms with Crippen LogP contribution in [-0.4, -0.2) is 33.7 Å². The van der Waals surface area contributed by atoms with E-state index in [0.29, 0.717) is 0 Å². The summed E-state index contributed by atoms with van der Waals surface area (Å²) >= 11 is 2.28. The standard InChI is InChI=1S/C12H18INO4/c1-12(2,3)18-11(16)14-8-6-4-5-7(13)9(8)17-10(6)15/h6-9H,4-5H2,1-3H3,(H,14,16)/t6-,7-,8-,9-/m1/s1. The second kappa shape index (κ2) is 4.86. The Kier molecular flexibility index (Phi) is 3.75. The van der Waals surface area contributed by atoms with Crippen molar-refractivity contribution in [2.75, 3.05) is 0 Å². The molecular formula is C12H18INO4. The molecule has 2 bridgehead atoms. The van der Waals surface area contributed by atoms with Gasteiger partial charge in [-0.2, -0.15) is 0 Å². The molecule has 2 aliphatic rings. The molecule has 2 fully saturated rings. The van der Waals surface area contributed by atoms with Crippen LogP contribution < -0.4 is 5.32 Å². The van der Waals surface area contributed by atoms with Crippen molar-refractivity contribution in [2.45, 2.75) is 55.3 Å². The van der Waals surface area contributed by atoms with Gasteiger partial charge in [-0.05, 0) is 33.6 Å². The predicted molar refractivity (Wildman–Crippen MR) is 73.6 cm³/mol. The quantitative estimate of drug-likeness (QED) is 0.438. The zero-order valence-corrected chi connectivity index (χ0v) is 12.9. The van der Waals surface area contributed by atoms with Crippen molar-refractivity contribution in [3.8, 4) is 0 Å². The number of amides is 1. The molecule has 0 unspecified atom stereocenters. The van der Waals surface area contributed by atoms with Crippen molar-refractivity contribution in [3.63, 3.8) is 0 Å². The summed E-state index contributed by atoms with van der Waals surface area (Å²) in [6.45, 7) is 5.43. The fourth-order valence-corrected chi connectivity index (χ4v) is 3.35. The van der Waals surface area contributed by atoms with Crippen LogP contribution in [0.15, 0.2) is 0 Å². The van der Waals surface area contributed by atoms with Crippen LogP contribution in [-0.2, 0) is 14.3 Å². The zero-order valence-electron chi connectivity index (χ0n) is 10.7. The minimum atomic E-state index is -0.535. The van der Waals surface area contributed by atoms with Crippen molar-refractivity contribution in [2.24, 2.45) is 5.92 Å². The molecule has 1 N–H and O–H groups in total. The van der Waals surface area contributed by atoms with Crippen molar-refractivity contribution in [3.05, 3.63) is 0 Å². The fraction of sp³-hybridized carbons (Fsp3) is 0.833. The average molecular weight is 367 g/mol. The Balaban J connectivity index is 2.01. The van der Waals surface area contributed by atoms with Crippen molar-refractivity contribution >= 4 is 34.7 Å². The maximum atomic E-state index is 11.8. The number of carbonyl (C=O) groups is 2. The highest BCUT2D eigenvalue weighted by Gasteiger charge is 2.51. The van der Waals surface area contributed by atoms with Crippen LogP contribution in [0.5, 0.6) is 0 Å². The van der Waals surface area contributed by atoms with E-state index in [9.17, 15) is 9.59 Å². The van der Waals surface area contributed by atoms with Gasteiger partial charge in [0.05, 0.1) is 15.9 Å². The Hall–Kier alpha value is -0.530. The van der Waals surface area contributed by atoms with E-state index < -0.39 is 11.7 Å². The Morgan fingerprint density at radius 3 is 2.72 bits per heavy atom. The summed E-state index contributed by atoms with van der Waals surface area (Å²) in [6, 6.07) is -0.247. The Bertz CT molecular complexity index is 366. The third kappa shape index (κ3) is 2.89. The smallest absolute Gasteiger partial charge is 0.408 e. The molecule has 0 aromatic carbocycles. The van der Waals surface area contributed by atoms with Crippen LogP contribution in [0.25, 0.3) is 0 Å². The maximum absolute atomic E-state index is 11.8. The number of hydrogen-bond acceptors (Lipinski definition) is 4. The summed E-state index contributed by atoms with van der Waals surface area (Å²) in [6.07, 6.45) is 1.02. The van der Waals surface area contributed by atoms with E-state index in [1.165, 1.54) is 0 Å². The minimum absolute atomic E-state index is 0.194. The molecule has 4 atom stereocenters. The molecule has 2 rings (SSSR count). The average Bonchev–Trinajstić information content (AvgIpc) is 2.40. The lowest BCUT2D eigenvalue weighted by Crippen LogP contribution is -2.51. The Morgan fingerprint density at radius 1 is 1.44 bits per heavy atom. The van der Waals surface area contributed by atoms with Gasteiger partial charge in [0.25, 0.3) is 0 Å². The van der Waals surface area contributed by atoms with Crippen LogP contribution in [0.1, 0.15) is 33.6 Å². The third-order valence-electron chi connectivity index (χ3n) is 3.14. The lowest BCUT2D eigenvalue weighted by atomic mass is 9.85. The topological polar surface area (TPSA) is 64.6 Å². The number of esters is 1. The van der Waals surface area contributed by atoms with Gasteiger partial charge in [0.15, 0.2) is 0 Å². The number of nitrogens with one attached hydrogen (secondary N) is 1. The molecule has 5 nitrogen and oxygen atoms in total. The van der Waals surface area contributed by atoms with Gasteiger partial charge >= 0.3 is 12.1 Å². The first-order valence-electron chi connectivity index (χ1n) is 6.12. The van der Waals surface area contributed by atoms with Gasteiger partial charge in [0.2, 0.25) is 0 Å². The van der Waals surface area contributed by atoms with E-state index in [1.807, 2.05) is 20.8 Å². The molecule has 1 aliphatic carbocycles. The lowest BCUT2D eigenvalue weighted by Gasteiger charge is -2.31. The molecule has 0 radical (unpaired) electrons. The van der Waals surface area contributed by atoms with Crippen molar-refractivity contribution in [1.82, 2.24) is 5.32 Å². The van der Waals surface area contributed by atoms with Crippen molar-refractivity contribution in [1.29, 1.82) is 0 Å². The predicted octanol–water partition coefficient (Wildman–Crippen LogP) is 2.02. The fourth-order valence-electron chi connectivity index (χ4n) is 2.40. The summed E-state index contributed by atoms with van der Waals surface area (Å²) in [7, 11) is 0. The molecule has 1 amide bonds. The summed E-state index contributed by atoms with van der Waals surface area (Å²) in [4.78, 5) is 23.4. The van der Waals surface area contributed by atoms with Gasteiger partial charge in [0, 0.05) is 0 Å². The first-order valence-corrected chi connectivity index (χ1v) is 7.36. The number of alkyl halides is 1. The number of carbonyl (C=O) groups excluding carboxylic acids is 2. The van der Waals surface area contributed by atoms with Gasteiger partial charge in [-0.25, -0.2) is 4.79 Å². The van der Waals surface area contributed by atoms with Crippen molar-refractivity contribution < 1.29 is 19.1 Å². The maximum Gasteiger partial charge on any atom is 0.408 e. The van der Waals surface area contributed by atoms with Gasteiger partial charge in [-0.3, -0.25) is 4.79 Å². The van der Waals surface area contributed by atoms with Gasteiger partial charge in [-0.1, -0.05) is 22.6 Å². The highest BCUT2D eigenvalue weighted by atomic mass is 127. The Labute approximate surface area is 120 Å². The van der Waals surface area contributed by atoms with Gasteiger partial charge in [0.1, 0.15) is 11.7 Å². The monoisotopic (exact) mass is 367 g/mol. The largest absolute Gasteiger partial charge is 0.459 e. The summed E-state index contributed by atoms with van der Waals surface area (Å²) < 4.78 is 10.8. The number of hydrogen-bond donors (Lipinski definition) is 1. The third-order valence-corrected chi connectivity index (χ3v) is 4.47. The molecule has 1 saturated carbocycles. The van der Waals surface area contributed by atoms with Gasteiger partial charge in [-0.15, -0.1) is 0 Å². The van der Waals surface area contributed by atoms with E-state index in [1.54, 1.807) is 0 Å². The molecule has 1 heterocycles. The summed E-state index contributed by atoms with van der Waals surface area (Å²) in [5, 5.41) is 2.79. The number of ether oxygens (including phenoxy) is 2. The normalized spacial score (nSPS) is 35.0. The van der Waals surface area contributed by atoms with Crippen LogP contribution in [0.3, 0.4) is 0 Å². The lowest BCUT2D eigenvalue weighted by molar-refractivity contribution is -0.143. The number of halogens is 1. The minimum Gasteiger partial charge on any atom is -0.459 e.